The zero-order chi connectivity index (χ0) is 6.95. The number of alkyl halides is 1. The third-order valence-corrected chi connectivity index (χ3v) is 0.754. The van der Waals surface area contributed by atoms with Crippen molar-refractivity contribution in [1.82, 2.24) is 0 Å². The smallest absolute Gasteiger partial charge is 0.135 e. The van der Waals surface area contributed by atoms with Crippen molar-refractivity contribution < 1.29 is 4.84 Å². The second-order valence-electron chi connectivity index (χ2n) is 1.21. The van der Waals surface area contributed by atoms with E-state index >= 15 is 0 Å². The summed E-state index contributed by atoms with van der Waals surface area (Å²) in [7, 11) is 0. The molecule has 0 aromatic rings. The maximum atomic E-state index is 5.32. The van der Waals surface area contributed by atoms with Gasteiger partial charge in [0.15, 0.2) is 0 Å². The van der Waals surface area contributed by atoms with Crippen LogP contribution in [-0.4, -0.2) is 18.7 Å². The Balaban J connectivity index is 2.99. The zero-order valence-electron chi connectivity index (χ0n) is 5.09. The predicted octanol–water partition coefficient (Wildman–Crippen LogP) is 1.62. The Morgan fingerprint density at radius 1 is 1.56 bits per heavy atom. The fraction of sp³-hybridized carbons (Fsp3) is 0.333. The van der Waals surface area contributed by atoms with Gasteiger partial charge in [0.2, 0.25) is 0 Å². The molecule has 0 aromatic heterocycles. The highest BCUT2D eigenvalue weighted by molar-refractivity contribution is 6.18. The lowest BCUT2D eigenvalue weighted by Gasteiger charge is -1.88. The summed E-state index contributed by atoms with van der Waals surface area (Å²) in [5.41, 5.74) is 0. The first-order valence-electron chi connectivity index (χ1n) is 2.55. The third kappa shape index (κ3) is 7.50. The van der Waals surface area contributed by atoms with Crippen LogP contribution in [0.3, 0.4) is 0 Å². The Morgan fingerprint density at radius 2 is 2.33 bits per heavy atom. The molecule has 0 N–H and O–H groups in total. The monoisotopic (exact) mass is 146 g/mol. The molecule has 0 spiro atoms. The summed E-state index contributed by atoms with van der Waals surface area (Å²) >= 11 is 5.32. The highest BCUT2D eigenvalue weighted by Crippen LogP contribution is 1.80. The minimum Gasteiger partial charge on any atom is -0.392 e. The molecule has 0 aromatic carbocycles. The summed E-state index contributed by atoms with van der Waals surface area (Å²) in [5.74, 6) is 0.511. The molecule has 0 fully saturated rings. The number of rotatable bonds is 4. The van der Waals surface area contributed by atoms with Crippen LogP contribution in [0.2, 0.25) is 0 Å². The lowest BCUT2D eigenvalue weighted by Crippen LogP contribution is -1.80. The fourth-order valence-corrected chi connectivity index (χ4v) is 0.396. The molecule has 3 heteroatoms. The van der Waals surface area contributed by atoms with E-state index in [-0.39, 0.29) is 0 Å². The largest absolute Gasteiger partial charge is 0.392 e. The predicted molar refractivity (Wildman–Crippen MR) is 39.7 cm³/mol. The molecule has 0 aliphatic rings. The molecule has 0 aliphatic carbocycles. The second-order valence-corrected chi connectivity index (χ2v) is 1.52. The Bertz CT molecular complexity index is 101. The van der Waals surface area contributed by atoms with Gasteiger partial charge in [-0.25, -0.2) is 0 Å². The lowest BCUT2D eigenvalue weighted by atomic mass is 10.6. The van der Waals surface area contributed by atoms with Crippen molar-refractivity contribution in [1.29, 1.82) is 0 Å². The highest BCUT2D eigenvalue weighted by atomic mass is 35.5. The van der Waals surface area contributed by atoms with Gasteiger partial charge in [0, 0.05) is 12.1 Å². The maximum absolute atomic E-state index is 5.32. The van der Waals surface area contributed by atoms with Crippen LogP contribution in [0.5, 0.6) is 0 Å². The van der Waals surface area contributed by atoms with Crippen LogP contribution in [0.25, 0.3) is 0 Å². The first-order chi connectivity index (χ1) is 4.41. The number of oxime groups is 1. The standard InChI is InChI=1S/C6H9ClNO/c1-2-8-9-6-4-3-5-7/h2-4H,1,5-6H2. The SMILES string of the molecule is [CH2]C=NOCC=CCCl. The van der Waals surface area contributed by atoms with Gasteiger partial charge in [-0.15, -0.1) is 11.6 Å². The van der Waals surface area contributed by atoms with Crippen molar-refractivity contribution in [2.24, 2.45) is 5.16 Å². The van der Waals surface area contributed by atoms with Crippen LogP contribution >= 0.6 is 11.6 Å². The molecule has 1 radical (unpaired) electrons. The van der Waals surface area contributed by atoms with Gasteiger partial charge in [0.25, 0.3) is 0 Å². The van der Waals surface area contributed by atoms with Gasteiger partial charge in [-0.3, -0.25) is 0 Å². The summed E-state index contributed by atoms with van der Waals surface area (Å²) in [6.45, 7) is 3.79. The first-order valence-corrected chi connectivity index (χ1v) is 3.09. The van der Waals surface area contributed by atoms with E-state index in [1.807, 2.05) is 0 Å². The van der Waals surface area contributed by atoms with Gasteiger partial charge >= 0.3 is 0 Å². The van der Waals surface area contributed by atoms with Crippen molar-refractivity contribution in [2.45, 2.75) is 0 Å². The summed E-state index contributed by atoms with van der Waals surface area (Å²) in [6, 6.07) is 0. The van der Waals surface area contributed by atoms with Crippen molar-refractivity contribution >= 4 is 17.8 Å². The number of halogens is 1. The maximum Gasteiger partial charge on any atom is 0.135 e. The van der Waals surface area contributed by atoms with E-state index in [1.165, 1.54) is 6.21 Å². The number of hydrogen-bond acceptors (Lipinski definition) is 2. The van der Waals surface area contributed by atoms with E-state index in [4.69, 9.17) is 11.6 Å². The quantitative estimate of drug-likeness (QED) is 0.194. The Kier molecular flexibility index (Phi) is 7.08. The van der Waals surface area contributed by atoms with Crippen molar-refractivity contribution in [3.63, 3.8) is 0 Å². The van der Waals surface area contributed by atoms with Crippen LogP contribution in [0.15, 0.2) is 17.3 Å². The molecule has 0 saturated heterocycles. The van der Waals surface area contributed by atoms with Gasteiger partial charge in [-0.05, 0) is 13.0 Å². The molecule has 0 aliphatic heterocycles. The minimum absolute atomic E-state index is 0.457. The van der Waals surface area contributed by atoms with Crippen molar-refractivity contribution in [3.05, 3.63) is 19.1 Å². The van der Waals surface area contributed by atoms with E-state index in [9.17, 15) is 0 Å². The van der Waals surface area contributed by atoms with Crippen LogP contribution in [0.4, 0.5) is 0 Å². The van der Waals surface area contributed by atoms with Gasteiger partial charge in [-0.1, -0.05) is 11.2 Å². The molecule has 0 atom stereocenters. The molecule has 0 amide bonds. The lowest BCUT2D eigenvalue weighted by molar-refractivity contribution is 0.176. The molecule has 9 heavy (non-hydrogen) atoms. The van der Waals surface area contributed by atoms with E-state index in [1.54, 1.807) is 12.2 Å². The molecule has 51 valence electrons. The fourth-order valence-electron chi connectivity index (χ4n) is 0.270. The zero-order valence-corrected chi connectivity index (χ0v) is 5.84. The second kappa shape index (κ2) is 7.50. The Hall–Kier alpha value is -0.500. The average Bonchev–Trinajstić information content (AvgIpc) is 1.89. The summed E-state index contributed by atoms with van der Waals surface area (Å²) < 4.78 is 0. The molecule has 2 nitrogen and oxygen atoms in total. The van der Waals surface area contributed by atoms with Crippen LogP contribution in [0, 0.1) is 6.92 Å². The Labute approximate surface area is 60.1 Å². The van der Waals surface area contributed by atoms with Crippen LogP contribution < -0.4 is 0 Å². The average molecular weight is 147 g/mol. The van der Waals surface area contributed by atoms with E-state index in [0.717, 1.165) is 0 Å². The first kappa shape index (κ1) is 8.50. The van der Waals surface area contributed by atoms with Crippen LogP contribution in [0.1, 0.15) is 0 Å². The number of hydrogen-bond donors (Lipinski definition) is 0. The molecular formula is C6H9ClNO. The molecule has 0 heterocycles. The molecular weight excluding hydrogens is 138 g/mol. The van der Waals surface area contributed by atoms with E-state index in [0.29, 0.717) is 12.5 Å². The summed E-state index contributed by atoms with van der Waals surface area (Å²) in [6.07, 6.45) is 4.93. The number of nitrogens with zero attached hydrogens (tertiary/aromatic N) is 1. The third-order valence-electron chi connectivity index (χ3n) is 0.576. The molecule has 0 bridgehead atoms. The van der Waals surface area contributed by atoms with Gasteiger partial charge < -0.3 is 4.84 Å². The topological polar surface area (TPSA) is 21.6 Å². The normalized spacial score (nSPS) is 11.3. The molecule has 0 rings (SSSR count). The van der Waals surface area contributed by atoms with Gasteiger partial charge in [0.05, 0.1) is 0 Å². The summed E-state index contributed by atoms with van der Waals surface area (Å²) in [4.78, 5) is 4.65. The molecule has 0 saturated carbocycles. The van der Waals surface area contributed by atoms with Crippen molar-refractivity contribution in [2.75, 3.05) is 12.5 Å². The number of allylic oxidation sites excluding steroid dienone is 1. The minimum atomic E-state index is 0.457. The van der Waals surface area contributed by atoms with Crippen LogP contribution in [-0.2, 0) is 4.84 Å². The molecule has 0 unspecified atom stereocenters. The Morgan fingerprint density at radius 3 is 2.89 bits per heavy atom. The van der Waals surface area contributed by atoms with Gasteiger partial charge in [0.1, 0.15) is 6.61 Å². The van der Waals surface area contributed by atoms with E-state index in [2.05, 4.69) is 16.9 Å². The highest BCUT2D eigenvalue weighted by Gasteiger charge is 1.71. The van der Waals surface area contributed by atoms with Gasteiger partial charge in [-0.2, -0.15) is 0 Å². The summed E-state index contributed by atoms with van der Waals surface area (Å²) in [5, 5.41) is 3.41. The van der Waals surface area contributed by atoms with E-state index < -0.39 is 0 Å². The van der Waals surface area contributed by atoms with Crippen molar-refractivity contribution in [3.8, 4) is 0 Å².